The molecule has 126 valence electrons. The molecule has 0 spiro atoms. The molecule has 2 aromatic carbocycles. The van der Waals surface area contributed by atoms with Crippen molar-refractivity contribution in [2.45, 2.75) is 25.6 Å². The van der Waals surface area contributed by atoms with Crippen LogP contribution < -0.4 is 9.47 Å². The Kier molecular flexibility index (Phi) is 4.88. The number of ether oxygens (including phenoxy) is 2. The summed E-state index contributed by atoms with van der Waals surface area (Å²) >= 11 is 0. The summed E-state index contributed by atoms with van der Waals surface area (Å²) in [6.07, 6.45) is 1.59. The lowest BCUT2D eigenvalue weighted by Crippen LogP contribution is -2.38. The smallest absolute Gasteiger partial charge is 0.231 e. The zero-order chi connectivity index (χ0) is 17.0. The van der Waals surface area contributed by atoms with Crippen LogP contribution in [0.25, 0.3) is 0 Å². The van der Waals surface area contributed by atoms with Gasteiger partial charge in [0, 0.05) is 19.6 Å². The molecule has 24 heavy (non-hydrogen) atoms. The van der Waals surface area contributed by atoms with E-state index in [0.29, 0.717) is 13.1 Å². The number of fused-ring (bicyclic) bond motifs is 1. The first-order chi connectivity index (χ1) is 11.6. The van der Waals surface area contributed by atoms with E-state index >= 15 is 0 Å². The third-order valence-electron chi connectivity index (χ3n) is 4.08. The molecule has 0 aliphatic carbocycles. The molecule has 1 heterocycles. The lowest BCUT2D eigenvalue weighted by atomic mass is 10.1. The Labute approximate surface area is 142 Å². The predicted octanol–water partition coefficient (Wildman–Crippen LogP) is 3.35. The Balaban J connectivity index is 1.77. The molecule has 1 atom stereocenters. The van der Waals surface area contributed by atoms with Gasteiger partial charge in [-0.05, 0) is 30.2 Å². The Morgan fingerprint density at radius 3 is 2.54 bits per heavy atom. The number of nitrogens with zero attached hydrogens (tertiary/aromatic N) is 1. The van der Waals surface area contributed by atoms with Gasteiger partial charge >= 0.3 is 0 Å². The van der Waals surface area contributed by atoms with Crippen LogP contribution in [0.4, 0.5) is 0 Å². The van der Waals surface area contributed by atoms with Gasteiger partial charge in [-0.2, -0.15) is 0 Å². The van der Waals surface area contributed by atoms with Crippen molar-refractivity contribution in [2.24, 2.45) is 0 Å². The SMILES string of the molecule is C=CC(C)(O)CN(Cc1ccccc1)Cc1ccc2c(c1)OCO2. The molecule has 0 saturated carbocycles. The van der Waals surface area contributed by atoms with Crippen molar-refractivity contribution in [3.63, 3.8) is 0 Å². The van der Waals surface area contributed by atoms with Crippen LogP contribution in [0.2, 0.25) is 0 Å². The topological polar surface area (TPSA) is 41.9 Å². The van der Waals surface area contributed by atoms with Gasteiger partial charge in [0.1, 0.15) is 0 Å². The highest BCUT2D eigenvalue weighted by molar-refractivity contribution is 5.44. The van der Waals surface area contributed by atoms with Crippen molar-refractivity contribution in [2.75, 3.05) is 13.3 Å². The molecule has 1 unspecified atom stereocenters. The molecule has 0 aromatic heterocycles. The molecule has 0 bridgehead atoms. The van der Waals surface area contributed by atoms with Gasteiger partial charge in [0.05, 0.1) is 5.60 Å². The number of rotatable bonds is 7. The average Bonchev–Trinajstić information content (AvgIpc) is 3.03. The summed E-state index contributed by atoms with van der Waals surface area (Å²) in [5.41, 5.74) is 1.39. The second-order valence-corrected chi connectivity index (χ2v) is 6.38. The van der Waals surface area contributed by atoms with Crippen molar-refractivity contribution in [1.29, 1.82) is 0 Å². The van der Waals surface area contributed by atoms with E-state index in [1.165, 1.54) is 5.56 Å². The molecule has 4 heteroatoms. The second-order valence-electron chi connectivity index (χ2n) is 6.38. The molecular formula is C20H23NO3. The summed E-state index contributed by atoms with van der Waals surface area (Å²) in [5, 5.41) is 10.4. The highest BCUT2D eigenvalue weighted by Crippen LogP contribution is 2.33. The Hall–Kier alpha value is -2.30. The van der Waals surface area contributed by atoms with Crippen LogP contribution in [0, 0.1) is 0 Å². The third kappa shape index (κ3) is 4.16. The number of aliphatic hydroxyl groups is 1. The average molecular weight is 325 g/mol. The van der Waals surface area contributed by atoms with Crippen LogP contribution in [0.15, 0.2) is 61.2 Å². The van der Waals surface area contributed by atoms with Crippen LogP contribution in [-0.4, -0.2) is 28.9 Å². The lowest BCUT2D eigenvalue weighted by Gasteiger charge is -2.29. The summed E-state index contributed by atoms with van der Waals surface area (Å²) in [6, 6.07) is 16.2. The quantitative estimate of drug-likeness (QED) is 0.793. The Morgan fingerprint density at radius 1 is 1.08 bits per heavy atom. The van der Waals surface area contributed by atoms with Gasteiger partial charge in [-0.15, -0.1) is 6.58 Å². The number of hydrogen-bond donors (Lipinski definition) is 1. The fraction of sp³-hybridized carbons (Fsp3) is 0.300. The zero-order valence-electron chi connectivity index (χ0n) is 13.9. The van der Waals surface area contributed by atoms with E-state index in [9.17, 15) is 5.11 Å². The summed E-state index contributed by atoms with van der Waals surface area (Å²) in [7, 11) is 0. The third-order valence-corrected chi connectivity index (χ3v) is 4.08. The van der Waals surface area contributed by atoms with Crippen molar-refractivity contribution in [1.82, 2.24) is 4.90 Å². The maximum absolute atomic E-state index is 10.4. The van der Waals surface area contributed by atoms with E-state index < -0.39 is 5.60 Å². The fourth-order valence-corrected chi connectivity index (χ4v) is 2.82. The van der Waals surface area contributed by atoms with Crippen LogP contribution in [-0.2, 0) is 13.1 Å². The molecule has 3 rings (SSSR count). The van der Waals surface area contributed by atoms with Crippen molar-refractivity contribution >= 4 is 0 Å². The maximum atomic E-state index is 10.4. The Bertz CT molecular complexity index is 697. The highest BCUT2D eigenvalue weighted by Gasteiger charge is 2.21. The van der Waals surface area contributed by atoms with E-state index in [1.54, 1.807) is 13.0 Å². The highest BCUT2D eigenvalue weighted by atomic mass is 16.7. The van der Waals surface area contributed by atoms with Crippen LogP contribution in [0.1, 0.15) is 18.1 Å². The van der Waals surface area contributed by atoms with E-state index in [1.807, 2.05) is 36.4 Å². The molecule has 0 radical (unpaired) electrons. The summed E-state index contributed by atoms with van der Waals surface area (Å²) in [5.74, 6) is 1.56. The summed E-state index contributed by atoms with van der Waals surface area (Å²) < 4.78 is 10.8. The normalized spacial score (nSPS) is 15.3. The van der Waals surface area contributed by atoms with E-state index in [-0.39, 0.29) is 6.79 Å². The first kappa shape index (κ1) is 16.6. The first-order valence-corrected chi connectivity index (χ1v) is 8.06. The van der Waals surface area contributed by atoms with Gasteiger partial charge in [-0.1, -0.05) is 42.5 Å². The number of hydrogen-bond acceptors (Lipinski definition) is 4. The molecule has 1 N–H and O–H groups in total. The van der Waals surface area contributed by atoms with Crippen molar-refractivity contribution in [3.8, 4) is 11.5 Å². The first-order valence-electron chi connectivity index (χ1n) is 8.06. The van der Waals surface area contributed by atoms with Crippen molar-refractivity contribution < 1.29 is 14.6 Å². The van der Waals surface area contributed by atoms with Crippen LogP contribution in [0.5, 0.6) is 11.5 Å². The van der Waals surface area contributed by atoms with Gasteiger partial charge in [-0.25, -0.2) is 0 Å². The maximum Gasteiger partial charge on any atom is 0.231 e. The standard InChI is InChI=1S/C20H23NO3/c1-3-20(2,22)14-21(12-16-7-5-4-6-8-16)13-17-9-10-18-19(11-17)24-15-23-18/h3-11,22H,1,12-15H2,2H3. The largest absolute Gasteiger partial charge is 0.454 e. The Morgan fingerprint density at radius 2 is 1.79 bits per heavy atom. The lowest BCUT2D eigenvalue weighted by molar-refractivity contribution is 0.0555. The molecule has 0 fully saturated rings. The minimum Gasteiger partial charge on any atom is -0.454 e. The monoisotopic (exact) mass is 325 g/mol. The fourth-order valence-electron chi connectivity index (χ4n) is 2.82. The minimum absolute atomic E-state index is 0.275. The summed E-state index contributed by atoms with van der Waals surface area (Å²) in [6.45, 7) is 7.74. The van der Waals surface area contributed by atoms with Gasteiger partial charge in [0.2, 0.25) is 6.79 Å². The number of benzene rings is 2. The molecule has 0 amide bonds. The molecule has 2 aromatic rings. The van der Waals surface area contributed by atoms with E-state index in [4.69, 9.17) is 9.47 Å². The van der Waals surface area contributed by atoms with Crippen LogP contribution in [0.3, 0.4) is 0 Å². The second kappa shape index (κ2) is 7.07. The van der Waals surface area contributed by atoms with Gasteiger partial charge < -0.3 is 14.6 Å². The minimum atomic E-state index is -0.939. The van der Waals surface area contributed by atoms with E-state index in [0.717, 1.165) is 23.6 Å². The van der Waals surface area contributed by atoms with Gasteiger partial charge in [0.15, 0.2) is 11.5 Å². The molecule has 0 saturated heterocycles. The van der Waals surface area contributed by atoms with Gasteiger partial charge in [0.25, 0.3) is 0 Å². The van der Waals surface area contributed by atoms with Gasteiger partial charge in [-0.3, -0.25) is 4.90 Å². The molecule has 1 aliphatic rings. The van der Waals surface area contributed by atoms with E-state index in [2.05, 4.69) is 23.6 Å². The predicted molar refractivity (Wildman–Crippen MR) is 93.9 cm³/mol. The molecule has 4 nitrogen and oxygen atoms in total. The van der Waals surface area contributed by atoms with Crippen LogP contribution >= 0.6 is 0 Å². The summed E-state index contributed by atoms with van der Waals surface area (Å²) in [4.78, 5) is 2.20. The van der Waals surface area contributed by atoms with Crippen molar-refractivity contribution in [3.05, 3.63) is 72.3 Å². The molecular weight excluding hydrogens is 302 g/mol. The zero-order valence-corrected chi connectivity index (χ0v) is 13.9. The molecule has 1 aliphatic heterocycles.